The van der Waals surface area contributed by atoms with E-state index in [4.69, 9.17) is 5.11 Å². The van der Waals surface area contributed by atoms with Crippen LogP contribution < -0.4 is 18.9 Å². The van der Waals surface area contributed by atoms with Crippen LogP contribution in [0.1, 0.15) is 13.8 Å². The average Bonchev–Trinajstić information content (AvgIpc) is 1.38. The second kappa shape index (κ2) is 5.56. The van der Waals surface area contributed by atoms with Crippen molar-refractivity contribution >= 4 is 0 Å². The minimum Gasteiger partial charge on any atom is -0.396 e. The van der Waals surface area contributed by atoms with Gasteiger partial charge in [0, 0.05) is 6.61 Å². The first kappa shape index (κ1) is 9.75. The largest absolute Gasteiger partial charge is 1.00 e. The molecule has 0 fully saturated rings. The summed E-state index contributed by atoms with van der Waals surface area (Å²) in [5, 5.41) is 8.14. The van der Waals surface area contributed by atoms with Gasteiger partial charge >= 0.3 is 18.9 Å². The van der Waals surface area contributed by atoms with Crippen molar-refractivity contribution < 1.29 is 24.0 Å². The van der Waals surface area contributed by atoms with E-state index in [0.29, 0.717) is 12.5 Å². The van der Waals surface area contributed by atoms with Crippen molar-refractivity contribution in [1.82, 2.24) is 0 Å². The maximum absolute atomic E-state index is 8.14. The number of aliphatic hydroxyl groups is 1. The molecule has 32 valence electrons. The average molecular weight is 81.1 g/mol. The maximum atomic E-state index is 8.14. The summed E-state index contributed by atoms with van der Waals surface area (Å²) in [5.41, 5.74) is 0. The molecule has 0 bridgehead atoms. The van der Waals surface area contributed by atoms with Crippen LogP contribution in [0, 0.1) is 5.92 Å². The quantitative estimate of drug-likeness (QED) is 0.350. The van der Waals surface area contributed by atoms with E-state index in [-0.39, 0.29) is 18.9 Å². The molecule has 0 saturated heterocycles. The number of hydrogen-bond donors (Lipinski definition) is 1. The normalized spacial score (nSPS) is 8.00. The fourth-order valence-electron chi connectivity index (χ4n) is 0. The van der Waals surface area contributed by atoms with Gasteiger partial charge in [0.2, 0.25) is 0 Å². The molecule has 0 aromatic carbocycles. The molecule has 0 amide bonds. The molecule has 6 heavy (non-hydrogen) atoms. The van der Waals surface area contributed by atoms with Gasteiger partial charge in [-0.2, -0.15) is 0 Å². The molecule has 0 atom stereocenters. The number of rotatable bonds is 1. The molecule has 0 aliphatic heterocycles. The van der Waals surface area contributed by atoms with Crippen LogP contribution >= 0.6 is 0 Å². The molecule has 0 heterocycles. The molecule has 0 aliphatic rings. The summed E-state index contributed by atoms with van der Waals surface area (Å²) in [6.45, 7) is 4.25. The topological polar surface area (TPSA) is 20.2 Å². The Morgan fingerprint density at radius 1 is 1.50 bits per heavy atom. The van der Waals surface area contributed by atoms with Gasteiger partial charge in [0.15, 0.2) is 0 Å². The minimum atomic E-state index is 0. The molecule has 0 unspecified atom stereocenters. The molecule has 0 spiro atoms. The van der Waals surface area contributed by atoms with Crippen LogP contribution in [0.3, 0.4) is 0 Å². The van der Waals surface area contributed by atoms with Gasteiger partial charge in [-0.15, -0.1) is 0 Å². The van der Waals surface area contributed by atoms with E-state index in [2.05, 4.69) is 0 Å². The maximum Gasteiger partial charge on any atom is 1.00 e. The van der Waals surface area contributed by atoms with Gasteiger partial charge in [-0.25, -0.2) is 0 Å². The Labute approximate surface area is 50.9 Å². The van der Waals surface area contributed by atoms with Crippen molar-refractivity contribution in [3.05, 3.63) is 0 Å². The second-order valence-corrected chi connectivity index (χ2v) is 1.58. The fourth-order valence-corrected chi connectivity index (χ4v) is 0. The third kappa shape index (κ3) is 8.82. The van der Waals surface area contributed by atoms with Crippen LogP contribution in [-0.4, -0.2) is 11.7 Å². The third-order valence-corrected chi connectivity index (χ3v) is 0.365. The van der Waals surface area contributed by atoms with Gasteiger partial charge in [0.25, 0.3) is 0 Å². The van der Waals surface area contributed by atoms with Gasteiger partial charge in [-0.3, -0.25) is 0 Å². The van der Waals surface area contributed by atoms with Crippen LogP contribution in [0.25, 0.3) is 0 Å². The zero-order valence-corrected chi connectivity index (χ0v) is 4.73. The molecular weight excluding hydrogens is 71.0 g/mol. The summed E-state index contributed by atoms with van der Waals surface area (Å²) in [6.07, 6.45) is 0. The summed E-state index contributed by atoms with van der Waals surface area (Å²) in [5.74, 6) is 0.440. The van der Waals surface area contributed by atoms with Crippen molar-refractivity contribution in [3.63, 3.8) is 0 Å². The Balaban J connectivity index is 0. The first-order valence-electron chi connectivity index (χ1n) is 1.88. The SMILES string of the molecule is CC(C)CO.[Li+]. The molecule has 1 N–H and O–H groups in total. The third-order valence-electron chi connectivity index (χ3n) is 0.365. The van der Waals surface area contributed by atoms with Gasteiger partial charge in [0.1, 0.15) is 0 Å². The van der Waals surface area contributed by atoms with E-state index in [1.165, 1.54) is 0 Å². The Morgan fingerprint density at radius 3 is 1.67 bits per heavy atom. The standard InChI is InChI=1S/C4H10O.Li/c1-4(2)3-5;/h4-5H,3H2,1-2H3;/q;+1. The summed E-state index contributed by atoms with van der Waals surface area (Å²) >= 11 is 0. The van der Waals surface area contributed by atoms with Crippen LogP contribution in [-0.2, 0) is 0 Å². The van der Waals surface area contributed by atoms with Gasteiger partial charge in [-0.05, 0) is 5.92 Å². The second-order valence-electron chi connectivity index (χ2n) is 1.58. The summed E-state index contributed by atoms with van der Waals surface area (Å²) in [4.78, 5) is 0. The van der Waals surface area contributed by atoms with Crippen molar-refractivity contribution in [1.29, 1.82) is 0 Å². The van der Waals surface area contributed by atoms with Gasteiger partial charge in [0.05, 0.1) is 0 Å². The zero-order valence-electron chi connectivity index (χ0n) is 4.73. The minimum absolute atomic E-state index is 0. The van der Waals surface area contributed by atoms with Crippen LogP contribution in [0.4, 0.5) is 0 Å². The van der Waals surface area contributed by atoms with E-state index < -0.39 is 0 Å². The Morgan fingerprint density at radius 2 is 1.67 bits per heavy atom. The number of aliphatic hydroxyl groups excluding tert-OH is 1. The Hall–Kier alpha value is 0.557. The van der Waals surface area contributed by atoms with E-state index in [1.807, 2.05) is 13.8 Å². The molecule has 1 nitrogen and oxygen atoms in total. The fraction of sp³-hybridized carbons (Fsp3) is 1.00. The first-order chi connectivity index (χ1) is 2.27. The van der Waals surface area contributed by atoms with Gasteiger partial charge in [-0.1, -0.05) is 13.8 Å². The molecular formula is C4H10LiO+. The molecule has 0 saturated carbocycles. The summed E-state index contributed by atoms with van der Waals surface area (Å²) < 4.78 is 0. The molecule has 0 aromatic heterocycles. The smallest absolute Gasteiger partial charge is 0.396 e. The summed E-state index contributed by atoms with van der Waals surface area (Å²) in [7, 11) is 0. The Bertz CT molecular complexity index is 21.5. The van der Waals surface area contributed by atoms with E-state index >= 15 is 0 Å². The number of hydrogen-bond acceptors (Lipinski definition) is 1. The molecule has 0 radical (unpaired) electrons. The zero-order chi connectivity index (χ0) is 4.28. The van der Waals surface area contributed by atoms with Crippen LogP contribution in [0.5, 0.6) is 0 Å². The molecule has 0 aliphatic carbocycles. The predicted octanol–water partition coefficient (Wildman–Crippen LogP) is -2.36. The molecule has 2 heteroatoms. The van der Waals surface area contributed by atoms with Crippen molar-refractivity contribution in [2.24, 2.45) is 5.92 Å². The van der Waals surface area contributed by atoms with E-state index in [1.54, 1.807) is 0 Å². The van der Waals surface area contributed by atoms with Crippen molar-refractivity contribution in [3.8, 4) is 0 Å². The summed E-state index contributed by atoms with van der Waals surface area (Å²) in [6, 6.07) is 0. The van der Waals surface area contributed by atoms with E-state index in [9.17, 15) is 0 Å². The molecule has 0 aromatic rings. The van der Waals surface area contributed by atoms with Crippen LogP contribution in [0.15, 0.2) is 0 Å². The van der Waals surface area contributed by atoms with Crippen molar-refractivity contribution in [2.45, 2.75) is 13.8 Å². The van der Waals surface area contributed by atoms with E-state index in [0.717, 1.165) is 0 Å². The van der Waals surface area contributed by atoms with Crippen molar-refractivity contribution in [2.75, 3.05) is 6.61 Å². The van der Waals surface area contributed by atoms with Crippen LogP contribution in [0.2, 0.25) is 0 Å². The molecule has 0 rings (SSSR count). The monoisotopic (exact) mass is 81.1 g/mol. The Kier molecular flexibility index (Phi) is 9.03. The predicted molar refractivity (Wildman–Crippen MR) is 21.9 cm³/mol. The first-order valence-corrected chi connectivity index (χ1v) is 1.88. The van der Waals surface area contributed by atoms with Gasteiger partial charge < -0.3 is 5.11 Å².